The summed E-state index contributed by atoms with van der Waals surface area (Å²) in [6.45, 7) is 5.53. The van der Waals surface area contributed by atoms with Gasteiger partial charge in [0.25, 0.3) is 0 Å². The van der Waals surface area contributed by atoms with E-state index >= 15 is 0 Å². The molecule has 1 saturated carbocycles. The van der Waals surface area contributed by atoms with Crippen molar-refractivity contribution in [2.24, 2.45) is 17.3 Å². The molecule has 0 spiro atoms. The van der Waals surface area contributed by atoms with E-state index in [0.29, 0.717) is 12.0 Å². The highest BCUT2D eigenvalue weighted by Crippen LogP contribution is 2.53. The highest BCUT2D eigenvalue weighted by molar-refractivity contribution is 5.26. The Bertz CT molecular complexity index is 573. The van der Waals surface area contributed by atoms with Gasteiger partial charge in [0.05, 0.1) is 18.8 Å². The maximum Gasteiger partial charge on any atom is 0.0764 e. The first-order valence-corrected chi connectivity index (χ1v) is 10.6. The maximum atomic E-state index is 9.89. The molecule has 158 valence electrons. The Morgan fingerprint density at radius 3 is 2.25 bits per heavy atom. The van der Waals surface area contributed by atoms with Crippen LogP contribution in [0, 0.1) is 17.3 Å². The van der Waals surface area contributed by atoms with Crippen LogP contribution in [-0.2, 0) is 4.74 Å². The van der Waals surface area contributed by atoms with E-state index in [9.17, 15) is 10.2 Å². The molecular formula is C24H38O4. The molecule has 5 unspecified atom stereocenters. The molecule has 2 aliphatic carbocycles. The van der Waals surface area contributed by atoms with E-state index in [1.54, 1.807) is 5.57 Å². The minimum Gasteiger partial charge on any atom is -0.400 e. The first-order valence-electron chi connectivity index (χ1n) is 10.6. The fourth-order valence-electron chi connectivity index (χ4n) is 5.17. The molecule has 3 aliphatic rings. The van der Waals surface area contributed by atoms with Crippen molar-refractivity contribution in [3.63, 3.8) is 0 Å². The van der Waals surface area contributed by atoms with E-state index < -0.39 is 0 Å². The van der Waals surface area contributed by atoms with Gasteiger partial charge in [0.2, 0.25) is 0 Å². The summed E-state index contributed by atoms with van der Waals surface area (Å²) < 4.78 is 5.78. The molecule has 1 heterocycles. The fraction of sp³-hybridized carbons (Fsp3) is 0.667. The molecule has 1 fully saturated rings. The van der Waals surface area contributed by atoms with Crippen molar-refractivity contribution < 1.29 is 20.1 Å². The molecule has 0 saturated heterocycles. The predicted octanol–water partition coefficient (Wildman–Crippen LogP) is 3.96. The van der Waals surface area contributed by atoms with Gasteiger partial charge in [-0.3, -0.25) is 0 Å². The smallest absolute Gasteiger partial charge is 0.0764 e. The molecule has 0 amide bonds. The number of benzene rings is 1. The van der Waals surface area contributed by atoms with Crippen LogP contribution in [0.15, 0.2) is 47.5 Å². The van der Waals surface area contributed by atoms with Gasteiger partial charge in [-0.2, -0.15) is 0 Å². The third-order valence-electron chi connectivity index (χ3n) is 7.03. The average Bonchev–Trinajstić information content (AvgIpc) is 3.13. The van der Waals surface area contributed by atoms with Crippen molar-refractivity contribution in [2.45, 2.75) is 64.6 Å². The van der Waals surface area contributed by atoms with Gasteiger partial charge < -0.3 is 20.1 Å². The summed E-state index contributed by atoms with van der Waals surface area (Å²) in [5, 5.41) is 26.6. The number of aliphatic hydroxyl groups is 3. The second-order valence-corrected chi connectivity index (χ2v) is 8.49. The van der Waals surface area contributed by atoms with Gasteiger partial charge in [-0.1, -0.05) is 43.3 Å². The fourth-order valence-corrected chi connectivity index (χ4v) is 5.17. The third-order valence-corrected chi connectivity index (χ3v) is 7.03. The lowest BCUT2D eigenvalue weighted by atomic mass is 9.57. The Labute approximate surface area is 170 Å². The Morgan fingerprint density at radius 2 is 1.68 bits per heavy atom. The SMILES string of the molecule is CC1OCC2=C1CCC(C1(C)CCC(O)CC1CO)C2.CO.c1ccccc1. The van der Waals surface area contributed by atoms with E-state index in [-0.39, 0.29) is 24.0 Å². The van der Waals surface area contributed by atoms with Crippen LogP contribution in [0.5, 0.6) is 0 Å². The Morgan fingerprint density at radius 1 is 1.07 bits per heavy atom. The van der Waals surface area contributed by atoms with E-state index in [1.807, 2.05) is 36.4 Å². The average molecular weight is 391 g/mol. The third kappa shape index (κ3) is 5.44. The Hall–Kier alpha value is -1.20. The van der Waals surface area contributed by atoms with Gasteiger partial charge >= 0.3 is 0 Å². The zero-order valence-electron chi connectivity index (χ0n) is 17.7. The monoisotopic (exact) mass is 390 g/mol. The molecule has 1 aliphatic heterocycles. The van der Waals surface area contributed by atoms with Crippen molar-refractivity contribution in [3.8, 4) is 0 Å². The van der Waals surface area contributed by atoms with E-state index in [4.69, 9.17) is 9.84 Å². The van der Waals surface area contributed by atoms with Crippen LogP contribution >= 0.6 is 0 Å². The molecule has 0 bridgehead atoms. The molecular weight excluding hydrogens is 352 g/mol. The van der Waals surface area contributed by atoms with E-state index in [0.717, 1.165) is 45.8 Å². The van der Waals surface area contributed by atoms with Gasteiger partial charge in [-0.15, -0.1) is 0 Å². The van der Waals surface area contributed by atoms with Crippen LogP contribution in [0.4, 0.5) is 0 Å². The minimum absolute atomic E-state index is 0.179. The van der Waals surface area contributed by atoms with Crippen LogP contribution < -0.4 is 0 Å². The molecule has 28 heavy (non-hydrogen) atoms. The Balaban J connectivity index is 0.000000296. The number of ether oxygens (including phenoxy) is 1. The van der Waals surface area contributed by atoms with Crippen LogP contribution in [0.1, 0.15) is 52.4 Å². The summed E-state index contributed by atoms with van der Waals surface area (Å²) in [7, 11) is 1.00. The summed E-state index contributed by atoms with van der Waals surface area (Å²) in [6, 6.07) is 12.0. The van der Waals surface area contributed by atoms with Gasteiger partial charge in [0.1, 0.15) is 0 Å². The predicted molar refractivity (Wildman–Crippen MR) is 113 cm³/mol. The summed E-state index contributed by atoms with van der Waals surface area (Å²) in [4.78, 5) is 0. The minimum atomic E-state index is -0.214. The second kappa shape index (κ2) is 11.1. The number of aliphatic hydroxyl groups excluding tert-OH is 3. The first-order chi connectivity index (χ1) is 13.5. The van der Waals surface area contributed by atoms with Gasteiger partial charge in [-0.05, 0) is 73.8 Å². The van der Waals surface area contributed by atoms with Crippen LogP contribution in [-0.4, -0.2) is 47.9 Å². The van der Waals surface area contributed by atoms with Crippen molar-refractivity contribution in [1.29, 1.82) is 0 Å². The van der Waals surface area contributed by atoms with Crippen molar-refractivity contribution in [3.05, 3.63) is 47.5 Å². The summed E-state index contributed by atoms with van der Waals surface area (Å²) in [5.41, 5.74) is 3.25. The molecule has 4 rings (SSSR count). The zero-order valence-corrected chi connectivity index (χ0v) is 17.7. The van der Waals surface area contributed by atoms with Crippen LogP contribution in [0.2, 0.25) is 0 Å². The molecule has 0 aromatic heterocycles. The summed E-state index contributed by atoms with van der Waals surface area (Å²) >= 11 is 0. The lowest BCUT2D eigenvalue weighted by Gasteiger charge is -2.49. The summed E-state index contributed by atoms with van der Waals surface area (Å²) in [5.74, 6) is 0.887. The van der Waals surface area contributed by atoms with Crippen LogP contribution in [0.3, 0.4) is 0 Å². The van der Waals surface area contributed by atoms with Gasteiger partial charge in [0.15, 0.2) is 0 Å². The van der Waals surface area contributed by atoms with E-state index in [2.05, 4.69) is 13.8 Å². The molecule has 4 nitrogen and oxygen atoms in total. The highest BCUT2D eigenvalue weighted by atomic mass is 16.5. The molecule has 0 radical (unpaired) electrons. The second-order valence-electron chi connectivity index (χ2n) is 8.49. The van der Waals surface area contributed by atoms with Crippen molar-refractivity contribution in [1.82, 2.24) is 0 Å². The summed E-state index contributed by atoms with van der Waals surface area (Å²) in [6.07, 6.45) is 6.33. The molecule has 4 heteroatoms. The highest BCUT2D eigenvalue weighted by Gasteiger charge is 2.46. The molecule has 5 atom stereocenters. The number of rotatable bonds is 2. The lowest BCUT2D eigenvalue weighted by Crippen LogP contribution is -2.44. The van der Waals surface area contributed by atoms with Gasteiger partial charge in [-0.25, -0.2) is 0 Å². The number of hydrogen-bond donors (Lipinski definition) is 3. The lowest BCUT2D eigenvalue weighted by molar-refractivity contribution is -0.0453. The largest absolute Gasteiger partial charge is 0.400 e. The zero-order chi connectivity index (χ0) is 20.6. The number of hydrogen-bond acceptors (Lipinski definition) is 4. The maximum absolute atomic E-state index is 9.89. The normalized spacial score (nSPS) is 34.5. The van der Waals surface area contributed by atoms with Crippen molar-refractivity contribution in [2.75, 3.05) is 20.3 Å². The Kier molecular flexibility index (Phi) is 9.16. The molecule has 3 N–H and O–H groups in total. The van der Waals surface area contributed by atoms with Crippen LogP contribution in [0.25, 0.3) is 0 Å². The van der Waals surface area contributed by atoms with E-state index in [1.165, 1.54) is 12.0 Å². The first kappa shape index (κ1) is 23.1. The van der Waals surface area contributed by atoms with Gasteiger partial charge in [0, 0.05) is 13.7 Å². The standard InChI is InChI=1S/C17H28O3.C6H6.CH4O/c1-11-16-4-3-13(7-12(16)10-20-11)17(2)6-5-15(19)8-14(17)9-18;1-2-4-6-5-3-1;1-2/h11,13-15,18-19H,3-10H2,1-2H3;1-6H;2H,1H3. The van der Waals surface area contributed by atoms with Crippen molar-refractivity contribution >= 4 is 0 Å². The molecule has 1 aromatic carbocycles. The molecule has 1 aromatic rings. The topological polar surface area (TPSA) is 69.9 Å². The quantitative estimate of drug-likeness (QED) is 0.669.